The van der Waals surface area contributed by atoms with Crippen LogP contribution < -0.4 is 5.32 Å². The van der Waals surface area contributed by atoms with Crippen LogP contribution in [0.2, 0.25) is 0 Å². The fraction of sp³-hybridized carbons (Fsp3) is 0.278. The molecule has 2 N–H and O–H groups in total. The number of rotatable bonds is 4. The number of nitrogens with one attached hydrogen (secondary N) is 1. The highest BCUT2D eigenvalue weighted by molar-refractivity contribution is 7.16. The third-order valence-corrected chi connectivity index (χ3v) is 5.45. The molecule has 6 nitrogen and oxygen atoms in total. The minimum absolute atomic E-state index is 0.363. The number of anilines is 1. The summed E-state index contributed by atoms with van der Waals surface area (Å²) in [5.74, 6) is -2.98. The maximum Gasteiger partial charge on any atom is 0.310 e. The van der Waals surface area contributed by atoms with Crippen molar-refractivity contribution in [3.05, 3.63) is 47.4 Å². The van der Waals surface area contributed by atoms with Crippen molar-refractivity contribution in [2.24, 2.45) is 11.8 Å². The average molecular weight is 356 g/mol. The molecule has 128 valence electrons. The molecule has 25 heavy (non-hydrogen) atoms. The summed E-state index contributed by atoms with van der Waals surface area (Å²) < 4.78 is 5.55. The molecule has 2 aromatic rings. The van der Waals surface area contributed by atoms with Crippen molar-refractivity contribution in [3.8, 4) is 11.3 Å². The molecule has 0 radical (unpaired) electrons. The largest absolute Gasteiger partial charge is 0.481 e. The van der Waals surface area contributed by atoms with Crippen LogP contribution in [-0.4, -0.2) is 34.2 Å². The molecule has 0 unspecified atom stereocenters. The minimum atomic E-state index is -1.02. The van der Waals surface area contributed by atoms with Gasteiger partial charge < -0.3 is 15.2 Å². The number of hydrogen-bond donors (Lipinski definition) is 2. The van der Waals surface area contributed by atoms with E-state index in [1.54, 1.807) is 12.2 Å². The van der Waals surface area contributed by atoms with Crippen molar-refractivity contribution in [1.82, 2.24) is 4.98 Å². The summed E-state index contributed by atoms with van der Waals surface area (Å²) in [6.45, 7) is 1.94. The Morgan fingerprint density at radius 1 is 1.16 bits per heavy atom. The van der Waals surface area contributed by atoms with Crippen LogP contribution in [0.5, 0.6) is 0 Å². The van der Waals surface area contributed by atoms with E-state index in [9.17, 15) is 14.7 Å². The molecule has 4 rings (SSSR count). The summed E-state index contributed by atoms with van der Waals surface area (Å²) in [6, 6.07) is 9.72. The zero-order valence-corrected chi connectivity index (χ0v) is 14.2. The fourth-order valence-corrected chi connectivity index (χ4v) is 4.26. The van der Waals surface area contributed by atoms with Crippen molar-refractivity contribution >= 4 is 28.3 Å². The van der Waals surface area contributed by atoms with Crippen LogP contribution in [0.1, 0.15) is 4.88 Å². The van der Waals surface area contributed by atoms with E-state index in [1.807, 2.05) is 37.3 Å². The number of fused-ring (bicyclic) bond motifs is 2. The van der Waals surface area contributed by atoms with E-state index < -0.39 is 30.0 Å². The Morgan fingerprint density at radius 2 is 1.84 bits per heavy atom. The fourth-order valence-electron chi connectivity index (χ4n) is 3.42. The third-order valence-electron chi connectivity index (χ3n) is 4.56. The first-order valence-electron chi connectivity index (χ1n) is 7.95. The van der Waals surface area contributed by atoms with E-state index in [-0.39, 0.29) is 5.91 Å². The Kier molecular flexibility index (Phi) is 3.89. The molecule has 4 atom stereocenters. The van der Waals surface area contributed by atoms with Crippen LogP contribution in [-0.2, 0) is 14.3 Å². The quantitative estimate of drug-likeness (QED) is 0.823. The predicted octanol–water partition coefficient (Wildman–Crippen LogP) is 2.71. The van der Waals surface area contributed by atoms with E-state index in [0.29, 0.717) is 5.13 Å². The minimum Gasteiger partial charge on any atom is -0.481 e. The van der Waals surface area contributed by atoms with Gasteiger partial charge in [-0.2, -0.15) is 0 Å². The van der Waals surface area contributed by atoms with Gasteiger partial charge in [0.15, 0.2) is 5.13 Å². The first kappa shape index (κ1) is 16.0. The summed E-state index contributed by atoms with van der Waals surface area (Å²) in [4.78, 5) is 29.6. The molecule has 0 spiro atoms. The zero-order chi connectivity index (χ0) is 17.6. The Labute approximate surface area is 148 Å². The molecule has 1 fully saturated rings. The van der Waals surface area contributed by atoms with Gasteiger partial charge in [0, 0.05) is 10.4 Å². The van der Waals surface area contributed by atoms with Crippen LogP contribution in [0.3, 0.4) is 0 Å². The lowest BCUT2D eigenvalue weighted by Gasteiger charge is -2.20. The number of ether oxygens (including phenoxy) is 1. The van der Waals surface area contributed by atoms with E-state index in [2.05, 4.69) is 10.3 Å². The number of aromatic nitrogens is 1. The molecule has 2 aliphatic rings. The lowest BCUT2D eigenvalue weighted by molar-refractivity contribution is -0.145. The predicted molar refractivity (Wildman–Crippen MR) is 93.3 cm³/mol. The van der Waals surface area contributed by atoms with Gasteiger partial charge in [-0.15, -0.1) is 11.3 Å². The number of carboxylic acids is 1. The smallest absolute Gasteiger partial charge is 0.310 e. The molecule has 1 aromatic heterocycles. The molecule has 0 aliphatic carbocycles. The van der Waals surface area contributed by atoms with Crippen LogP contribution >= 0.6 is 11.3 Å². The lowest BCUT2D eigenvalue weighted by atomic mass is 9.82. The van der Waals surface area contributed by atoms with E-state index in [4.69, 9.17) is 4.74 Å². The number of hydrogen-bond acceptors (Lipinski definition) is 5. The average Bonchev–Trinajstić information content (AvgIpc) is 3.29. The highest BCUT2D eigenvalue weighted by Gasteiger charge is 2.53. The number of carbonyl (C=O) groups excluding carboxylic acids is 1. The maximum atomic E-state index is 12.7. The molecule has 1 amide bonds. The van der Waals surface area contributed by atoms with Gasteiger partial charge in [0.2, 0.25) is 5.91 Å². The first-order valence-corrected chi connectivity index (χ1v) is 8.76. The topological polar surface area (TPSA) is 88.5 Å². The van der Waals surface area contributed by atoms with Gasteiger partial charge in [0.05, 0.1) is 23.8 Å². The van der Waals surface area contributed by atoms with Gasteiger partial charge in [-0.3, -0.25) is 9.59 Å². The van der Waals surface area contributed by atoms with Gasteiger partial charge in [-0.1, -0.05) is 42.5 Å². The second kappa shape index (κ2) is 6.09. The third kappa shape index (κ3) is 2.75. The lowest BCUT2D eigenvalue weighted by Crippen LogP contribution is -2.39. The van der Waals surface area contributed by atoms with Crippen molar-refractivity contribution in [1.29, 1.82) is 0 Å². The molecule has 7 heteroatoms. The molecule has 2 aliphatic heterocycles. The van der Waals surface area contributed by atoms with Gasteiger partial charge in [-0.25, -0.2) is 4.98 Å². The number of amides is 1. The summed E-state index contributed by atoms with van der Waals surface area (Å²) in [5.41, 5.74) is 1.80. The Hall–Kier alpha value is -2.51. The second-order valence-electron chi connectivity index (χ2n) is 6.12. The molecule has 2 bridgehead atoms. The number of carboxylic acid groups (broad SMARTS) is 1. The Bertz CT molecular complexity index is 861. The molecule has 1 aromatic carbocycles. The van der Waals surface area contributed by atoms with Crippen molar-refractivity contribution in [2.45, 2.75) is 19.1 Å². The molecule has 0 saturated carbocycles. The van der Waals surface area contributed by atoms with Crippen LogP contribution in [0.25, 0.3) is 11.3 Å². The summed E-state index contributed by atoms with van der Waals surface area (Å²) >= 11 is 1.38. The molecular formula is C18H16N2O4S. The Morgan fingerprint density at radius 3 is 2.52 bits per heavy atom. The van der Waals surface area contributed by atoms with Crippen LogP contribution in [0.15, 0.2) is 42.5 Å². The van der Waals surface area contributed by atoms with Crippen molar-refractivity contribution in [2.75, 3.05) is 5.32 Å². The monoisotopic (exact) mass is 356 g/mol. The van der Waals surface area contributed by atoms with E-state index >= 15 is 0 Å². The molecular weight excluding hydrogens is 340 g/mol. The number of carbonyl (C=O) groups is 2. The van der Waals surface area contributed by atoms with Gasteiger partial charge in [0.1, 0.15) is 5.92 Å². The zero-order valence-electron chi connectivity index (χ0n) is 13.4. The van der Waals surface area contributed by atoms with Gasteiger partial charge in [-0.05, 0) is 6.92 Å². The highest BCUT2D eigenvalue weighted by atomic mass is 32.1. The summed E-state index contributed by atoms with van der Waals surface area (Å²) in [7, 11) is 0. The number of nitrogens with zero attached hydrogens (tertiary/aromatic N) is 1. The highest BCUT2D eigenvalue weighted by Crippen LogP contribution is 2.40. The molecule has 3 heterocycles. The van der Waals surface area contributed by atoms with Crippen molar-refractivity contribution in [3.63, 3.8) is 0 Å². The normalized spacial score (nSPS) is 26.8. The van der Waals surface area contributed by atoms with E-state index in [0.717, 1.165) is 16.1 Å². The first-order chi connectivity index (χ1) is 12.0. The van der Waals surface area contributed by atoms with E-state index in [1.165, 1.54) is 11.3 Å². The summed E-state index contributed by atoms with van der Waals surface area (Å²) in [5, 5.41) is 12.7. The SMILES string of the molecule is Cc1sc(NC(=O)[C@@H]2[C@H](C(=O)O)[C@H]3C=C[C@H]2O3)nc1-c1ccccc1. The molecule has 1 saturated heterocycles. The number of aliphatic carboxylic acids is 1. The Balaban J connectivity index is 1.56. The van der Waals surface area contributed by atoms with Gasteiger partial charge in [0.25, 0.3) is 0 Å². The summed E-state index contributed by atoms with van der Waals surface area (Å²) in [6.07, 6.45) is 2.46. The maximum absolute atomic E-state index is 12.7. The number of aryl methyl sites for hydroxylation is 1. The number of thiazole rings is 1. The van der Waals surface area contributed by atoms with Crippen LogP contribution in [0, 0.1) is 18.8 Å². The van der Waals surface area contributed by atoms with Crippen LogP contribution in [0.4, 0.5) is 5.13 Å². The standard InChI is InChI=1S/C18H16N2O4S/c1-9-15(10-5-3-2-4-6-10)19-18(25-9)20-16(21)13-11-7-8-12(24-11)14(13)17(22)23/h2-8,11-14H,1H3,(H,22,23)(H,19,20,21)/t11-,12-,13+,14-/m1/s1. The second-order valence-corrected chi connectivity index (χ2v) is 7.32. The van der Waals surface area contributed by atoms with Crippen molar-refractivity contribution < 1.29 is 19.4 Å². The number of benzene rings is 1. The van der Waals surface area contributed by atoms with Gasteiger partial charge >= 0.3 is 5.97 Å².